The maximum absolute atomic E-state index is 11.6. The number of allylic oxidation sites excluding steroid dienone is 3. The Bertz CT molecular complexity index is 1910. The smallest absolute Gasteiger partial charge is 0.339 e. The number of hydrogen-bond donors (Lipinski definition) is 4. The number of ketones is 1. The number of nitrogens with zero attached hydrogens (tertiary/aromatic N) is 5. The van der Waals surface area contributed by atoms with Gasteiger partial charge in [-0.05, 0) is 104 Å². The van der Waals surface area contributed by atoms with Gasteiger partial charge < -0.3 is 16.6 Å². The van der Waals surface area contributed by atoms with Gasteiger partial charge in [0.15, 0.2) is 5.78 Å². The van der Waals surface area contributed by atoms with Crippen molar-refractivity contribution in [2.45, 2.75) is 23.6 Å². The molecule has 4 aromatic rings. The number of benzene rings is 4. The highest BCUT2D eigenvalue weighted by atomic mass is 32.2. The molecular formula is C33H28N8O3S. The van der Waals surface area contributed by atoms with Crippen LogP contribution in [0.5, 0.6) is 0 Å². The normalized spacial score (nSPS) is 14.0. The van der Waals surface area contributed by atoms with E-state index in [9.17, 15) is 9.59 Å². The summed E-state index contributed by atoms with van der Waals surface area (Å²) in [5.74, 6) is -1.85. The van der Waals surface area contributed by atoms with Crippen LogP contribution in [0.3, 0.4) is 0 Å². The minimum atomic E-state index is -1.29. The minimum Gasteiger partial charge on any atom is -0.478 e. The number of nitrogen functional groups attached to an aromatic ring is 2. The van der Waals surface area contributed by atoms with Crippen LogP contribution in [0.15, 0.2) is 138 Å². The van der Waals surface area contributed by atoms with Gasteiger partial charge in [0.25, 0.3) is 0 Å². The molecule has 4 aromatic carbocycles. The first-order valence-electron chi connectivity index (χ1n) is 13.6. The van der Waals surface area contributed by atoms with E-state index in [1.807, 2.05) is 86.6 Å². The van der Waals surface area contributed by atoms with Crippen LogP contribution < -0.4 is 16.9 Å². The van der Waals surface area contributed by atoms with Crippen molar-refractivity contribution in [3.8, 4) is 0 Å². The molecule has 45 heavy (non-hydrogen) atoms. The molecule has 11 nitrogen and oxygen atoms in total. The molecule has 0 aromatic heterocycles. The number of hydrazone groups is 1. The highest BCUT2D eigenvalue weighted by Crippen LogP contribution is 2.41. The van der Waals surface area contributed by atoms with Crippen molar-refractivity contribution in [1.82, 2.24) is 0 Å². The number of nitrogens with two attached hydrogens (primary N) is 2. The Labute approximate surface area is 263 Å². The number of nitrogens with one attached hydrogen (secondary N) is 1. The van der Waals surface area contributed by atoms with E-state index in [4.69, 9.17) is 16.6 Å². The second-order valence-corrected chi connectivity index (χ2v) is 11.1. The molecule has 0 bridgehead atoms. The first kappa shape index (κ1) is 30.6. The summed E-state index contributed by atoms with van der Waals surface area (Å²) in [6.45, 7) is 3.85. The van der Waals surface area contributed by atoms with E-state index < -0.39 is 11.8 Å². The fraction of sp³-hybridized carbons (Fsp3) is 0.0606. The molecule has 0 atom stereocenters. The van der Waals surface area contributed by atoms with Crippen molar-refractivity contribution in [3.05, 3.63) is 114 Å². The largest absolute Gasteiger partial charge is 0.478 e. The van der Waals surface area contributed by atoms with Crippen LogP contribution in [-0.4, -0.2) is 22.6 Å². The Morgan fingerprint density at radius 2 is 1.38 bits per heavy atom. The van der Waals surface area contributed by atoms with Crippen LogP contribution in [0.4, 0.5) is 39.8 Å². The number of azo groups is 2. The zero-order valence-corrected chi connectivity index (χ0v) is 25.1. The molecule has 5 rings (SSSR count). The summed E-state index contributed by atoms with van der Waals surface area (Å²) in [5.41, 5.74) is 21.0. The fourth-order valence-electron chi connectivity index (χ4n) is 4.03. The highest BCUT2D eigenvalue weighted by Gasteiger charge is 2.18. The molecule has 1 aliphatic rings. The standard InChI is InChI=1S/C33H28N8O3S/c1-19-3-5-21(6-4-19)38-41-32-30(34)20(2)17-28(31(32)35)40-37-23-9-14-26(15-10-23)45-25-12-7-22(8-13-25)36-39-24-11-16-29(42)27(18-24)33(43)44/h3-18,36H,34-35H2,1-2H3,(H,43,44). The Balaban J connectivity index is 1.22. The number of rotatable bonds is 9. The average molecular weight is 617 g/mol. The summed E-state index contributed by atoms with van der Waals surface area (Å²) < 4.78 is 0. The van der Waals surface area contributed by atoms with E-state index >= 15 is 0 Å². The quantitative estimate of drug-likeness (QED) is 0.0479. The Kier molecular flexibility index (Phi) is 9.25. The van der Waals surface area contributed by atoms with Gasteiger partial charge in [0.05, 0.1) is 34.1 Å². The fourth-order valence-corrected chi connectivity index (χ4v) is 4.85. The van der Waals surface area contributed by atoms with Gasteiger partial charge in [-0.2, -0.15) is 15.3 Å². The number of carboxylic acid groups (broad SMARTS) is 1. The molecule has 0 radical (unpaired) electrons. The third-order valence-corrected chi connectivity index (χ3v) is 7.59. The Morgan fingerprint density at radius 1 is 0.778 bits per heavy atom. The molecule has 0 saturated carbocycles. The Hall–Kier alpha value is -5.88. The highest BCUT2D eigenvalue weighted by molar-refractivity contribution is 7.99. The predicted octanol–water partition coefficient (Wildman–Crippen LogP) is 8.37. The van der Waals surface area contributed by atoms with Crippen molar-refractivity contribution in [2.24, 2.45) is 25.6 Å². The lowest BCUT2D eigenvalue weighted by atomic mass is 10.0. The number of aryl methyl sites for hydroxylation is 2. The summed E-state index contributed by atoms with van der Waals surface area (Å²) in [6, 6.07) is 24.6. The molecular weight excluding hydrogens is 588 g/mol. The van der Waals surface area contributed by atoms with Crippen molar-refractivity contribution in [2.75, 3.05) is 16.9 Å². The van der Waals surface area contributed by atoms with Gasteiger partial charge in [0.1, 0.15) is 16.9 Å². The third-order valence-electron chi connectivity index (χ3n) is 6.57. The van der Waals surface area contributed by atoms with Crippen LogP contribution >= 0.6 is 11.8 Å². The van der Waals surface area contributed by atoms with E-state index in [0.29, 0.717) is 45.5 Å². The molecule has 6 N–H and O–H groups in total. The van der Waals surface area contributed by atoms with Gasteiger partial charge in [-0.15, -0.1) is 10.2 Å². The van der Waals surface area contributed by atoms with Gasteiger partial charge in [0.2, 0.25) is 0 Å². The van der Waals surface area contributed by atoms with E-state index in [-0.39, 0.29) is 5.57 Å². The molecule has 0 aliphatic heterocycles. The number of carbonyl (C=O) groups is 2. The van der Waals surface area contributed by atoms with Crippen molar-refractivity contribution in [1.29, 1.82) is 0 Å². The van der Waals surface area contributed by atoms with Crippen molar-refractivity contribution < 1.29 is 14.7 Å². The second-order valence-electron chi connectivity index (χ2n) is 9.95. The summed E-state index contributed by atoms with van der Waals surface area (Å²) >= 11 is 1.57. The molecule has 0 unspecified atom stereocenters. The summed E-state index contributed by atoms with van der Waals surface area (Å²) in [5, 5.41) is 30.6. The van der Waals surface area contributed by atoms with Gasteiger partial charge in [-0.1, -0.05) is 29.5 Å². The minimum absolute atomic E-state index is 0.293. The second kappa shape index (κ2) is 13.6. The monoisotopic (exact) mass is 616 g/mol. The van der Waals surface area contributed by atoms with Crippen LogP contribution in [0.1, 0.15) is 11.1 Å². The number of carboxylic acids is 1. The maximum atomic E-state index is 11.6. The first-order valence-corrected chi connectivity index (χ1v) is 14.5. The molecule has 1 aliphatic carbocycles. The van der Waals surface area contributed by atoms with E-state index in [0.717, 1.165) is 20.9 Å². The molecule has 0 saturated heterocycles. The number of anilines is 3. The summed E-state index contributed by atoms with van der Waals surface area (Å²) in [7, 11) is 0. The van der Waals surface area contributed by atoms with E-state index in [1.165, 1.54) is 18.2 Å². The van der Waals surface area contributed by atoms with E-state index in [1.54, 1.807) is 17.8 Å². The lowest BCUT2D eigenvalue weighted by molar-refractivity contribution is -0.134. The number of aliphatic carboxylic acids is 1. The molecule has 12 heteroatoms. The van der Waals surface area contributed by atoms with Gasteiger partial charge in [0, 0.05) is 9.79 Å². The van der Waals surface area contributed by atoms with E-state index in [2.05, 4.69) is 31.0 Å². The summed E-state index contributed by atoms with van der Waals surface area (Å²) in [4.78, 5) is 24.8. The SMILES string of the molecule is Cc1ccc(N=Nc2c(N)c(C)cc(N=Nc3ccc(Sc4ccc(NN=C5C=CC(=O)C(C(=O)O)=C5)cc4)cc3)c2N)cc1. The topological polar surface area (TPSA) is 180 Å². The number of carbonyl (C=O) groups excluding carboxylic acids is 1. The van der Waals surface area contributed by atoms with Crippen LogP contribution in [0.2, 0.25) is 0 Å². The number of hydrogen-bond acceptors (Lipinski definition) is 11. The van der Waals surface area contributed by atoms with Gasteiger partial charge >= 0.3 is 5.97 Å². The first-order chi connectivity index (χ1) is 21.7. The molecule has 224 valence electrons. The molecule has 0 heterocycles. The maximum Gasteiger partial charge on any atom is 0.339 e. The van der Waals surface area contributed by atoms with Gasteiger partial charge in [-0.3, -0.25) is 10.2 Å². The summed E-state index contributed by atoms with van der Waals surface area (Å²) in [6.07, 6.45) is 3.87. The van der Waals surface area contributed by atoms with Gasteiger partial charge in [-0.25, -0.2) is 4.79 Å². The van der Waals surface area contributed by atoms with Crippen LogP contribution in [0, 0.1) is 13.8 Å². The molecule has 0 amide bonds. The van der Waals surface area contributed by atoms with Crippen LogP contribution in [0.25, 0.3) is 0 Å². The average Bonchev–Trinajstić information content (AvgIpc) is 3.04. The lowest BCUT2D eigenvalue weighted by Crippen LogP contribution is -2.15. The zero-order chi connectivity index (χ0) is 31.9. The van der Waals surface area contributed by atoms with Crippen molar-refractivity contribution in [3.63, 3.8) is 0 Å². The van der Waals surface area contributed by atoms with Crippen LogP contribution in [-0.2, 0) is 9.59 Å². The van der Waals surface area contributed by atoms with Crippen molar-refractivity contribution >= 4 is 69.0 Å². The molecule has 0 spiro atoms. The Morgan fingerprint density at radius 3 is 2.02 bits per heavy atom. The third kappa shape index (κ3) is 7.75. The predicted molar refractivity (Wildman–Crippen MR) is 177 cm³/mol. The zero-order valence-electron chi connectivity index (χ0n) is 24.3. The lowest BCUT2D eigenvalue weighted by Gasteiger charge is -2.09. The molecule has 0 fully saturated rings.